The summed E-state index contributed by atoms with van der Waals surface area (Å²) in [6, 6.07) is 3.99. The van der Waals surface area contributed by atoms with E-state index in [4.69, 9.17) is 10.7 Å². The quantitative estimate of drug-likeness (QED) is 0.776. The van der Waals surface area contributed by atoms with E-state index in [0.29, 0.717) is 17.3 Å². The molecule has 124 valence electrons. The first kappa shape index (κ1) is 14.9. The topological polar surface area (TPSA) is 85.8 Å². The van der Waals surface area contributed by atoms with Crippen molar-refractivity contribution in [3.8, 4) is 0 Å². The van der Waals surface area contributed by atoms with Crippen LogP contribution < -0.4 is 10.6 Å². The van der Waals surface area contributed by atoms with Gasteiger partial charge in [0.2, 0.25) is 0 Å². The van der Waals surface area contributed by atoms with Crippen LogP contribution in [0.15, 0.2) is 24.7 Å². The fourth-order valence-corrected chi connectivity index (χ4v) is 3.68. The van der Waals surface area contributed by atoms with Gasteiger partial charge in [-0.05, 0) is 37.5 Å². The molecule has 1 unspecified atom stereocenters. The summed E-state index contributed by atoms with van der Waals surface area (Å²) in [4.78, 5) is 15.3. The van der Waals surface area contributed by atoms with Crippen LogP contribution in [0.5, 0.6) is 0 Å². The summed E-state index contributed by atoms with van der Waals surface area (Å²) >= 11 is 0. The molecule has 0 aliphatic carbocycles. The second kappa shape index (κ2) is 5.74. The molecule has 1 saturated heterocycles. The highest BCUT2D eigenvalue weighted by molar-refractivity contribution is 5.84. The molecule has 0 bridgehead atoms. The Bertz CT molecular complexity index is 866. The van der Waals surface area contributed by atoms with Crippen molar-refractivity contribution in [2.75, 3.05) is 23.7 Å². The summed E-state index contributed by atoms with van der Waals surface area (Å²) in [5, 5.41) is 4.39. The minimum absolute atomic E-state index is 0.429. The van der Waals surface area contributed by atoms with E-state index in [1.807, 2.05) is 30.1 Å². The molecule has 3 aromatic heterocycles. The number of piperidine rings is 1. The average molecular weight is 323 g/mol. The number of fused-ring (bicyclic) bond motifs is 1. The van der Waals surface area contributed by atoms with Gasteiger partial charge < -0.3 is 10.6 Å². The van der Waals surface area contributed by atoms with Crippen molar-refractivity contribution >= 4 is 22.7 Å². The Kier molecular flexibility index (Phi) is 3.55. The van der Waals surface area contributed by atoms with Crippen molar-refractivity contribution in [3.05, 3.63) is 35.9 Å². The maximum atomic E-state index is 5.96. The number of nitrogens with zero attached hydrogens (tertiary/aromatic N) is 6. The van der Waals surface area contributed by atoms with E-state index in [0.717, 1.165) is 30.8 Å². The van der Waals surface area contributed by atoms with E-state index < -0.39 is 0 Å². The highest BCUT2D eigenvalue weighted by Crippen LogP contribution is 2.31. The molecule has 7 heteroatoms. The lowest BCUT2D eigenvalue weighted by Crippen LogP contribution is -2.35. The zero-order valence-electron chi connectivity index (χ0n) is 14.0. The summed E-state index contributed by atoms with van der Waals surface area (Å²) < 4.78 is 2.00. The predicted octanol–water partition coefficient (Wildman–Crippen LogP) is 2.03. The molecule has 0 saturated carbocycles. The van der Waals surface area contributed by atoms with Crippen LogP contribution in [-0.4, -0.2) is 37.8 Å². The van der Waals surface area contributed by atoms with E-state index in [-0.39, 0.29) is 0 Å². The largest absolute Gasteiger partial charge is 0.382 e. The fraction of sp³-hybridized carbons (Fsp3) is 0.412. The summed E-state index contributed by atoms with van der Waals surface area (Å²) in [5.74, 6) is 1.83. The molecule has 2 N–H and O–H groups in total. The standard InChI is InChI=1S/C17H21N7/c1-11-8-21-23(2)16(11)12-4-3-7-24(9-12)14-6-5-13-15(22-14)17(18)20-10-19-13/h5-6,8,10,12H,3-4,7,9H2,1-2H3,(H2,18,19,20). The van der Waals surface area contributed by atoms with Crippen LogP contribution >= 0.6 is 0 Å². The van der Waals surface area contributed by atoms with Crippen molar-refractivity contribution in [2.45, 2.75) is 25.7 Å². The molecule has 0 spiro atoms. The van der Waals surface area contributed by atoms with Gasteiger partial charge >= 0.3 is 0 Å². The Labute approximate surface area is 140 Å². The summed E-state index contributed by atoms with van der Waals surface area (Å²) in [7, 11) is 2.02. The number of anilines is 2. The molecule has 1 aliphatic rings. The Morgan fingerprint density at radius 3 is 2.92 bits per heavy atom. The van der Waals surface area contributed by atoms with Gasteiger partial charge in [-0.15, -0.1) is 0 Å². The zero-order chi connectivity index (χ0) is 16.7. The number of hydrogen-bond acceptors (Lipinski definition) is 6. The van der Waals surface area contributed by atoms with E-state index in [1.165, 1.54) is 24.0 Å². The van der Waals surface area contributed by atoms with Crippen molar-refractivity contribution in [2.24, 2.45) is 7.05 Å². The maximum absolute atomic E-state index is 5.96. The van der Waals surface area contributed by atoms with E-state index in [2.05, 4.69) is 26.9 Å². The summed E-state index contributed by atoms with van der Waals surface area (Å²) in [6.07, 6.45) is 5.73. The van der Waals surface area contributed by atoms with Crippen LogP contribution in [0.3, 0.4) is 0 Å². The minimum atomic E-state index is 0.429. The maximum Gasteiger partial charge on any atom is 0.153 e. The first-order valence-corrected chi connectivity index (χ1v) is 8.24. The first-order valence-electron chi connectivity index (χ1n) is 8.24. The van der Waals surface area contributed by atoms with Crippen molar-refractivity contribution in [1.29, 1.82) is 0 Å². The monoisotopic (exact) mass is 323 g/mol. The van der Waals surface area contributed by atoms with Gasteiger partial charge in [0.1, 0.15) is 17.7 Å². The van der Waals surface area contributed by atoms with E-state index >= 15 is 0 Å². The van der Waals surface area contributed by atoms with Crippen LogP contribution in [0.4, 0.5) is 11.6 Å². The third-order valence-corrected chi connectivity index (χ3v) is 4.80. The number of nitrogens with two attached hydrogens (primary N) is 1. The average Bonchev–Trinajstić information content (AvgIpc) is 2.94. The van der Waals surface area contributed by atoms with Gasteiger partial charge in [0.15, 0.2) is 5.82 Å². The molecule has 1 atom stereocenters. The Morgan fingerprint density at radius 1 is 1.25 bits per heavy atom. The Balaban J connectivity index is 1.66. The third-order valence-electron chi connectivity index (χ3n) is 4.80. The van der Waals surface area contributed by atoms with Gasteiger partial charge in [-0.1, -0.05) is 0 Å². The first-order chi connectivity index (χ1) is 11.6. The van der Waals surface area contributed by atoms with Gasteiger partial charge in [-0.25, -0.2) is 15.0 Å². The lowest BCUT2D eigenvalue weighted by Gasteiger charge is -2.34. The normalized spacial score (nSPS) is 18.2. The van der Waals surface area contributed by atoms with Crippen LogP contribution in [-0.2, 0) is 7.05 Å². The molecule has 1 aliphatic heterocycles. The third kappa shape index (κ3) is 2.46. The van der Waals surface area contributed by atoms with Gasteiger partial charge in [0.05, 0.1) is 11.7 Å². The molecule has 4 heterocycles. The number of aryl methyl sites for hydroxylation is 2. The van der Waals surface area contributed by atoms with Crippen molar-refractivity contribution < 1.29 is 0 Å². The molecule has 3 aromatic rings. The van der Waals surface area contributed by atoms with E-state index in [9.17, 15) is 0 Å². The van der Waals surface area contributed by atoms with Gasteiger partial charge in [0.25, 0.3) is 0 Å². The van der Waals surface area contributed by atoms with Gasteiger partial charge in [-0.3, -0.25) is 4.68 Å². The van der Waals surface area contributed by atoms with Crippen LogP contribution in [0.1, 0.15) is 30.0 Å². The number of pyridine rings is 1. The molecule has 24 heavy (non-hydrogen) atoms. The second-order valence-corrected chi connectivity index (χ2v) is 6.42. The fourth-order valence-electron chi connectivity index (χ4n) is 3.68. The lowest BCUT2D eigenvalue weighted by atomic mass is 9.92. The minimum Gasteiger partial charge on any atom is -0.382 e. The molecule has 4 rings (SSSR count). The summed E-state index contributed by atoms with van der Waals surface area (Å²) in [5.41, 5.74) is 9.99. The Morgan fingerprint density at radius 2 is 2.12 bits per heavy atom. The number of nitrogen functional groups attached to an aromatic ring is 1. The van der Waals surface area contributed by atoms with Crippen molar-refractivity contribution in [3.63, 3.8) is 0 Å². The number of hydrogen-bond donors (Lipinski definition) is 1. The highest BCUT2D eigenvalue weighted by atomic mass is 15.3. The Hall–Kier alpha value is -2.70. The van der Waals surface area contributed by atoms with Gasteiger partial charge in [-0.2, -0.15) is 5.10 Å². The van der Waals surface area contributed by atoms with Gasteiger partial charge in [0, 0.05) is 31.7 Å². The molecule has 7 nitrogen and oxygen atoms in total. The SMILES string of the molecule is Cc1cnn(C)c1C1CCCN(c2ccc3ncnc(N)c3n2)C1. The number of aromatic nitrogens is 5. The summed E-state index contributed by atoms with van der Waals surface area (Å²) in [6.45, 7) is 4.07. The lowest BCUT2D eigenvalue weighted by molar-refractivity contribution is 0.479. The molecule has 0 amide bonds. The number of rotatable bonds is 2. The zero-order valence-corrected chi connectivity index (χ0v) is 14.0. The van der Waals surface area contributed by atoms with Crippen LogP contribution in [0, 0.1) is 6.92 Å². The van der Waals surface area contributed by atoms with Crippen molar-refractivity contribution in [1.82, 2.24) is 24.7 Å². The van der Waals surface area contributed by atoms with Crippen LogP contribution in [0.2, 0.25) is 0 Å². The highest BCUT2D eigenvalue weighted by Gasteiger charge is 2.26. The molecular weight excluding hydrogens is 302 g/mol. The smallest absolute Gasteiger partial charge is 0.153 e. The molecular formula is C17H21N7. The molecule has 1 fully saturated rings. The molecule has 0 aromatic carbocycles. The van der Waals surface area contributed by atoms with E-state index in [1.54, 1.807) is 0 Å². The van der Waals surface area contributed by atoms with Crippen LogP contribution in [0.25, 0.3) is 11.0 Å². The second-order valence-electron chi connectivity index (χ2n) is 6.42. The predicted molar refractivity (Wildman–Crippen MR) is 93.9 cm³/mol. The molecule has 0 radical (unpaired) electrons.